The highest BCUT2D eigenvalue weighted by molar-refractivity contribution is 6.42. The van der Waals surface area contributed by atoms with Gasteiger partial charge in [0.1, 0.15) is 11.8 Å². The fourth-order valence-corrected chi connectivity index (χ4v) is 2.29. The SMILES string of the molecule is N#Cc1nnn(Cc2ccc(Cl)c(Cl)c2)c1-c1ccco1. The average Bonchev–Trinajstić information content (AvgIpc) is 3.11. The standard InChI is InChI=1S/C14H8Cl2N4O/c15-10-4-3-9(6-11(10)16)8-20-14(12(7-17)18-19-20)13-2-1-5-21-13/h1-6H,8H2. The van der Waals surface area contributed by atoms with E-state index >= 15 is 0 Å². The number of nitriles is 1. The number of hydrogen-bond donors (Lipinski definition) is 0. The average molecular weight is 319 g/mol. The molecule has 0 bridgehead atoms. The lowest BCUT2D eigenvalue weighted by Crippen LogP contribution is -2.04. The minimum atomic E-state index is 0.213. The molecule has 104 valence electrons. The van der Waals surface area contributed by atoms with Crippen molar-refractivity contribution in [3.05, 3.63) is 57.9 Å². The summed E-state index contributed by atoms with van der Waals surface area (Å²) in [5.74, 6) is 0.539. The number of rotatable bonds is 3. The minimum absolute atomic E-state index is 0.213. The Bertz CT molecular complexity index is 818. The van der Waals surface area contributed by atoms with E-state index in [-0.39, 0.29) is 5.69 Å². The Morgan fingerprint density at radius 2 is 2.10 bits per heavy atom. The summed E-state index contributed by atoms with van der Waals surface area (Å²) in [4.78, 5) is 0. The smallest absolute Gasteiger partial charge is 0.193 e. The van der Waals surface area contributed by atoms with Gasteiger partial charge in [-0.3, -0.25) is 0 Å². The van der Waals surface area contributed by atoms with E-state index in [0.29, 0.717) is 28.0 Å². The van der Waals surface area contributed by atoms with Crippen LogP contribution in [-0.4, -0.2) is 15.0 Å². The molecule has 0 saturated carbocycles. The van der Waals surface area contributed by atoms with Crippen LogP contribution in [0.4, 0.5) is 0 Å². The molecule has 0 N–H and O–H groups in total. The molecular formula is C14H8Cl2N4O. The lowest BCUT2D eigenvalue weighted by Gasteiger charge is -2.06. The van der Waals surface area contributed by atoms with Crippen molar-refractivity contribution in [2.75, 3.05) is 0 Å². The summed E-state index contributed by atoms with van der Waals surface area (Å²) in [7, 11) is 0. The lowest BCUT2D eigenvalue weighted by molar-refractivity contribution is 0.566. The van der Waals surface area contributed by atoms with Crippen molar-refractivity contribution in [1.29, 1.82) is 5.26 Å². The van der Waals surface area contributed by atoms with Gasteiger partial charge in [-0.05, 0) is 29.8 Å². The topological polar surface area (TPSA) is 67.6 Å². The zero-order chi connectivity index (χ0) is 14.8. The Morgan fingerprint density at radius 3 is 2.76 bits per heavy atom. The van der Waals surface area contributed by atoms with Gasteiger partial charge >= 0.3 is 0 Å². The first-order chi connectivity index (χ1) is 10.2. The number of benzene rings is 1. The number of hydrogen-bond acceptors (Lipinski definition) is 4. The van der Waals surface area contributed by atoms with Crippen LogP contribution in [0, 0.1) is 11.3 Å². The van der Waals surface area contributed by atoms with Crippen LogP contribution in [0.25, 0.3) is 11.5 Å². The van der Waals surface area contributed by atoms with Crippen molar-refractivity contribution in [2.45, 2.75) is 6.54 Å². The highest BCUT2D eigenvalue weighted by atomic mass is 35.5. The summed E-state index contributed by atoms with van der Waals surface area (Å²) in [5.41, 5.74) is 1.64. The molecule has 2 heterocycles. The van der Waals surface area contributed by atoms with Crippen LogP contribution in [0.5, 0.6) is 0 Å². The van der Waals surface area contributed by atoms with E-state index < -0.39 is 0 Å². The Kier molecular flexibility index (Phi) is 3.65. The maximum atomic E-state index is 9.13. The van der Waals surface area contributed by atoms with E-state index in [0.717, 1.165) is 5.56 Å². The van der Waals surface area contributed by atoms with Gasteiger partial charge in [-0.15, -0.1) is 5.10 Å². The Labute approximate surface area is 130 Å². The fraction of sp³-hybridized carbons (Fsp3) is 0.0714. The van der Waals surface area contributed by atoms with Gasteiger partial charge in [-0.2, -0.15) is 5.26 Å². The van der Waals surface area contributed by atoms with E-state index in [4.69, 9.17) is 32.9 Å². The van der Waals surface area contributed by atoms with Gasteiger partial charge < -0.3 is 4.42 Å². The molecule has 2 aromatic heterocycles. The number of halogens is 2. The van der Waals surface area contributed by atoms with Gasteiger partial charge in [-0.25, -0.2) is 4.68 Å². The second kappa shape index (κ2) is 5.60. The van der Waals surface area contributed by atoms with E-state index in [2.05, 4.69) is 10.3 Å². The summed E-state index contributed by atoms with van der Waals surface area (Å²) in [6, 6.07) is 10.8. The molecule has 0 atom stereocenters. The molecule has 21 heavy (non-hydrogen) atoms. The first-order valence-corrected chi connectivity index (χ1v) is 6.76. The fourth-order valence-electron chi connectivity index (χ4n) is 1.97. The van der Waals surface area contributed by atoms with Crippen molar-refractivity contribution >= 4 is 23.2 Å². The number of nitrogens with zero attached hydrogens (tertiary/aromatic N) is 4. The molecule has 0 spiro atoms. The molecule has 0 aliphatic carbocycles. The van der Waals surface area contributed by atoms with Gasteiger partial charge in [0, 0.05) is 0 Å². The van der Waals surface area contributed by atoms with Crippen LogP contribution in [0.15, 0.2) is 41.0 Å². The highest BCUT2D eigenvalue weighted by Crippen LogP contribution is 2.26. The van der Waals surface area contributed by atoms with E-state index in [1.165, 1.54) is 6.26 Å². The maximum absolute atomic E-state index is 9.13. The monoisotopic (exact) mass is 318 g/mol. The molecule has 0 radical (unpaired) electrons. The zero-order valence-electron chi connectivity index (χ0n) is 10.6. The zero-order valence-corrected chi connectivity index (χ0v) is 12.1. The highest BCUT2D eigenvalue weighted by Gasteiger charge is 2.17. The van der Waals surface area contributed by atoms with Crippen LogP contribution in [0.1, 0.15) is 11.3 Å². The van der Waals surface area contributed by atoms with Crippen molar-refractivity contribution in [1.82, 2.24) is 15.0 Å². The van der Waals surface area contributed by atoms with Gasteiger partial charge in [0.25, 0.3) is 0 Å². The third-order valence-corrected chi connectivity index (χ3v) is 3.65. The van der Waals surface area contributed by atoms with Gasteiger partial charge in [0.05, 0.1) is 22.9 Å². The second-order valence-electron chi connectivity index (χ2n) is 4.28. The lowest BCUT2D eigenvalue weighted by atomic mass is 10.2. The predicted molar refractivity (Wildman–Crippen MR) is 78.0 cm³/mol. The van der Waals surface area contributed by atoms with Crippen molar-refractivity contribution in [3.63, 3.8) is 0 Å². The Hall–Kier alpha value is -2.29. The number of aromatic nitrogens is 3. The van der Waals surface area contributed by atoms with E-state index in [1.54, 1.807) is 28.9 Å². The Balaban J connectivity index is 2.02. The largest absolute Gasteiger partial charge is 0.463 e. The molecule has 0 amide bonds. The van der Waals surface area contributed by atoms with Crippen molar-refractivity contribution in [3.8, 4) is 17.5 Å². The van der Waals surface area contributed by atoms with Crippen LogP contribution in [0.3, 0.4) is 0 Å². The molecule has 1 aromatic carbocycles. The summed E-state index contributed by atoms with van der Waals surface area (Å²) >= 11 is 11.9. The quantitative estimate of drug-likeness (QED) is 0.737. The third-order valence-electron chi connectivity index (χ3n) is 2.91. The summed E-state index contributed by atoms with van der Waals surface area (Å²) < 4.78 is 6.94. The van der Waals surface area contributed by atoms with Crippen molar-refractivity contribution < 1.29 is 4.42 Å². The van der Waals surface area contributed by atoms with Crippen LogP contribution >= 0.6 is 23.2 Å². The third kappa shape index (κ3) is 2.64. The van der Waals surface area contributed by atoms with Crippen LogP contribution < -0.4 is 0 Å². The Morgan fingerprint density at radius 1 is 1.24 bits per heavy atom. The maximum Gasteiger partial charge on any atom is 0.193 e. The molecular weight excluding hydrogens is 311 g/mol. The molecule has 0 aliphatic rings. The van der Waals surface area contributed by atoms with Gasteiger partial charge in [0.15, 0.2) is 11.5 Å². The van der Waals surface area contributed by atoms with Gasteiger partial charge in [0.2, 0.25) is 0 Å². The molecule has 3 aromatic rings. The molecule has 5 nitrogen and oxygen atoms in total. The van der Waals surface area contributed by atoms with Crippen LogP contribution in [-0.2, 0) is 6.54 Å². The first-order valence-electron chi connectivity index (χ1n) is 6.00. The molecule has 0 fully saturated rings. The predicted octanol–water partition coefficient (Wildman–Crippen LogP) is 3.76. The van der Waals surface area contributed by atoms with Crippen molar-refractivity contribution in [2.24, 2.45) is 0 Å². The molecule has 7 heteroatoms. The summed E-state index contributed by atoms with van der Waals surface area (Å²) in [5, 5.41) is 17.9. The molecule has 0 saturated heterocycles. The molecule has 0 unspecified atom stereocenters. The van der Waals surface area contributed by atoms with E-state index in [1.807, 2.05) is 12.1 Å². The summed E-state index contributed by atoms with van der Waals surface area (Å²) in [6.45, 7) is 0.404. The normalized spacial score (nSPS) is 10.5. The minimum Gasteiger partial charge on any atom is -0.463 e. The number of furan rings is 1. The molecule has 3 rings (SSSR count). The summed E-state index contributed by atoms with van der Waals surface area (Å²) in [6.07, 6.45) is 1.53. The van der Waals surface area contributed by atoms with Gasteiger partial charge in [-0.1, -0.05) is 34.5 Å². The van der Waals surface area contributed by atoms with E-state index in [9.17, 15) is 0 Å². The van der Waals surface area contributed by atoms with Crippen LogP contribution in [0.2, 0.25) is 10.0 Å². The first kappa shape index (κ1) is 13.7. The second-order valence-corrected chi connectivity index (χ2v) is 5.10. The molecule has 0 aliphatic heterocycles.